The van der Waals surface area contributed by atoms with Crippen LogP contribution in [-0.2, 0) is 11.3 Å². The molecule has 0 atom stereocenters. The highest BCUT2D eigenvalue weighted by Gasteiger charge is 2.17. The molecule has 1 heterocycles. The van der Waals surface area contributed by atoms with Crippen molar-refractivity contribution in [1.82, 2.24) is 10.2 Å². The lowest BCUT2D eigenvalue weighted by Gasteiger charge is -2.30. The Bertz CT molecular complexity index is 517. The molecule has 1 aromatic rings. The molecule has 1 aliphatic rings. The van der Waals surface area contributed by atoms with Gasteiger partial charge in [0.25, 0.3) is 0 Å². The van der Waals surface area contributed by atoms with E-state index in [-0.39, 0.29) is 6.09 Å². The molecule has 0 spiro atoms. The lowest BCUT2D eigenvalue weighted by atomic mass is 10.0. The van der Waals surface area contributed by atoms with Crippen LogP contribution in [0.1, 0.15) is 39.2 Å². The minimum atomic E-state index is -0.471. The number of carbonyl (C=O) groups is 1. The average Bonchev–Trinajstić information content (AvgIpc) is 2.46. The molecular weight excluding hydrogens is 290 g/mol. The Labute approximate surface area is 139 Å². The van der Waals surface area contributed by atoms with Gasteiger partial charge in [0.1, 0.15) is 5.60 Å². The number of piperidine rings is 1. The molecule has 0 radical (unpaired) electrons. The molecule has 1 amide bonds. The number of anilines is 1. The normalized spacial score (nSPS) is 16.9. The van der Waals surface area contributed by atoms with Gasteiger partial charge in [0.15, 0.2) is 0 Å². The van der Waals surface area contributed by atoms with Crippen LogP contribution in [0.25, 0.3) is 0 Å². The zero-order valence-corrected chi connectivity index (χ0v) is 14.7. The van der Waals surface area contributed by atoms with Gasteiger partial charge in [0.2, 0.25) is 0 Å². The number of nitrogens with zero attached hydrogens (tertiary/aromatic N) is 1. The Morgan fingerprint density at radius 1 is 1.30 bits per heavy atom. The molecule has 5 nitrogen and oxygen atoms in total. The zero-order chi connectivity index (χ0) is 16.9. The second-order valence-electron chi connectivity index (χ2n) is 7.28. The fourth-order valence-corrected chi connectivity index (χ4v) is 2.65. The van der Waals surface area contributed by atoms with Crippen LogP contribution in [0, 0.1) is 0 Å². The Balaban J connectivity index is 1.83. The van der Waals surface area contributed by atoms with Crippen LogP contribution >= 0.6 is 0 Å². The van der Waals surface area contributed by atoms with Crippen LogP contribution in [0.2, 0.25) is 0 Å². The fraction of sp³-hybridized carbons (Fsp3) is 0.611. The molecule has 1 saturated heterocycles. The first-order valence-corrected chi connectivity index (χ1v) is 8.33. The fourth-order valence-electron chi connectivity index (χ4n) is 2.65. The predicted octanol–water partition coefficient (Wildman–Crippen LogP) is 3.22. The summed E-state index contributed by atoms with van der Waals surface area (Å²) >= 11 is 0. The van der Waals surface area contributed by atoms with Gasteiger partial charge in [-0.3, -0.25) is 0 Å². The third-order valence-corrected chi connectivity index (χ3v) is 3.85. The standard InChI is InChI=1S/C18H29N3O2/c1-18(2,3)23-17(22)19-13-14-6-5-7-16(12-14)20-15-8-10-21(4)11-9-15/h5-7,12,15,20H,8-11,13H2,1-4H3,(H,19,22). The van der Waals surface area contributed by atoms with Gasteiger partial charge in [-0.2, -0.15) is 0 Å². The van der Waals surface area contributed by atoms with Gasteiger partial charge < -0.3 is 20.3 Å². The molecule has 1 fully saturated rings. The van der Waals surface area contributed by atoms with Gasteiger partial charge in [0, 0.05) is 18.3 Å². The summed E-state index contributed by atoms with van der Waals surface area (Å²) in [6, 6.07) is 8.73. The molecule has 2 rings (SSSR count). The number of alkyl carbamates (subject to hydrolysis) is 1. The molecule has 0 saturated carbocycles. The van der Waals surface area contributed by atoms with Gasteiger partial charge in [-0.25, -0.2) is 4.79 Å². The topological polar surface area (TPSA) is 53.6 Å². The highest BCUT2D eigenvalue weighted by molar-refractivity contribution is 5.67. The molecule has 2 N–H and O–H groups in total. The van der Waals surface area contributed by atoms with Crippen molar-refractivity contribution in [1.29, 1.82) is 0 Å². The quantitative estimate of drug-likeness (QED) is 0.895. The second-order valence-corrected chi connectivity index (χ2v) is 7.28. The van der Waals surface area contributed by atoms with Crippen molar-refractivity contribution in [2.24, 2.45) is 0 Å². The summed E-state index contributed by atoms with van der Waals surface area (Å²) in [7, 11) is 2.17. The monoisotopic (exact) mass is 319 g/mol. The molecule has 0 aliphatic carbocycles. The van der Waals surface area contributed by atoms with E-state index in [1.807, 2.05) is 32.9 Å². The number of rotatable bonds is 4. The Kier molecular flexibility index (Phi) is 5.88. The van der Waals surface area contributed by atoms with E-state index >= 15 is 0 Å². The van der Waals surface area contributed by atoms with Crippen LogP contribution in [0.5, 0.6) is 0 Å². The van der Waals surface area contributed by atoms with E-state index < -0.39 is 5.60 Å². The number of hydrogen-bond acceptors (Lipinski definition) is 4. The van der Waals surface area contributed by atoms with Gasteiger partial charge in [0.05, 0.1) is 0 Å². The SMILES string of the molecule is CN1CCC(Nc2cccc(CNC(=O)OC(C)(C)C)c2)CC1. The van der Waals surface area contributed by atoms with E-state index in [1.165, 1.54) is 0 Å². The van der Waals surface area contributed by atoms with Gasteiger partial charge in [-0.05, 0) is 71.4 Å². The maximum absolute atomic E-state index is 11.7. The third kappa shape index (κ3) is 6.48. The van der Waals surface area contributed by atoms with Crippen LogP contribution in [-0.4, -0.2) is 42.8 Å². The van der Waals surface area contributed by atoms with Crippen LogP contribution in [0.15, 0.2) is 24.3 Å². The summed E-state index contributed by atoms with van der Waals surface area (Å²) in [5.74, 6) is 0. The van der Waals surface area contributed by atoms with Crippen molar-refractivity contribution in [2.75, 3.05) is 25.5 Å². The van der Waals surface area contributed by atoms with Gasteiger partial charge in [-0.15, -0.1) is 0 Å². The smallest absolute Gasteiger partial charge is 0.407 e. The van der Waals surface area contributed by atoms with E-state index in [1.54, 1.807) is 0 Å². The van der Waals surface area contributed by atoms with E-state index in [0.29, 0.717) is 12.6 Å². The Morgan fingerprint density at radius 3 is 2.65 bits per heavy atom. The second kappa shape index (κ2) is 7.68. The number of ether oxygens (including phenoxy) is 1. The molecule has 5 heteroatoms. The van der Waals surface area contributed by atoms with Crippen LogP contribution in [0.4, 0.5) is 10.5 Å². The number of benzene rings is 1. The summed E-state index contributed by atoms with van der Waals surface area (Å²) in [6.07, 6.45) is 1.94. The van der Waals surface area contributed by atoms with Crippen LogP contribution in [0.3, 0.4) is 0 Å². The first kappa shape index (κ1) is 17.6. The van der Waals surface area contributed by atoms with Gasteiger partial charge in [-0.1, -0.05) is 12.1 Å². The molecule has 0 bridgehead atoms. The first-order valence-electron chi connectivity index (χ1n) is 8.33. The average molecular weight is 319 g/mol. The Hall–Kier alpha value is -1.75. The maximum atomic E-state index is 11.7. The summed E-state index contributed by atoms with van der Waals surface area (Å²) in [5, 5.41) is 6.39. The molecule has 0 aromatic heterocycles. The van der Waals surface area contributed by atoms with Crippen molar-refractivity contribution < 1.29 is 9.53 Å². The van der Waals surface area contributed by atoms with E-state index in [0.717, 1.165) is 37.2 Å². The molecular formula is C18H29N3O2. The van der Waals surface area contributed by atoms with E-state index in [2.05, 4.69) is 34.7 Å². The highest BCUT2D eigenvalue weighted by atomic mass is 16.6. The molecule has 128 valence electrons. The van der Waals surface area contributed by atoms with Gasteiger partial charge >= 0.3 is 6.09 Å². The maximum Gasteiger partial charge on any atom is 0.407 e. The van der Waals surface area contributed by atoms with Crippen LogP contribution < -0.4 is 10.6 Å². The number of amides is 1. The van der Waals surface area contributed by atoms with Crippen molar-refractivity contribution >= 4 is 11.8 Å². The summed E-state index contributed by atoms with van der Waals surface area (Å²) in [4.78, 5) is 14.1. The Morgan fingerprint density at radius 2 is 2.00 bits per heavy atom. The van der Waals surface area contributed by atoms with E-state index in [4.69, 9.17) is 4.74 Å². The largest absolute Gasteiger partial charge is 0.444 e. The van der Waals surface area contributed by atoms with Crippen molar-refractivity contribution in [3.05, 3.63) is 29.8 Å². The molecule has 1 aliphatic heterocycles. The lowest BCUT2D eigenvalue weighted by molar-refractivity contribution is 0.0523. The van der Waals surface area contributed by atoms with Crippen molar-refractivity contribution in [3.8, 4) is 0 Å². The lowest BCUT2D eigenvalue weighted by Crippen LogP contribution is -2.36. The van der Waals surface area contributed by atoms with E-state index in [9.17, 15) is 4.79 Å². The highest BCUT2D eigenvalue weighted by Crippen LogP contribution is 2.17. The zero-order valence-electron chi connectivity index (χ0n) is 14.7. The number of likely N-dealkylation sites (tertiary alicyclic amines) is 1. The third-order valence-electron chi connectivity index (χ3n) is 3.85. The molecule has 1 aromatic carbocycles. The minimum Gasteiger partial charge on any atom is -0.444 e. The number of hydrogen-bond donors (Lipinski definition) is 2. The van der Waals surface area contributed by atoms with Crippen molar-refractivity contribution in [3.63, 3.8) is 0 Å². The first-order chi connectivity index (χ1) is 10.8. The van der Waals surface area contributed by atoms with Crippen molar-refractivity contribution in [2.45, 2.75) is 51.8 Å². The summed E-state index contributed by atoms with van der Waals surface area (Å²) in [6.45, 7) is 8.32. The minimum absolute atomic E-state index is 0.383. The summed E-state index contributed by atoms with van der Waals surface area (Å²) < 4.78 is 5.25. The molecule has 0 unspecified atom stereocenters. The summed E-state index contributed by atoms with van der Waals surface area (Å²) in [5.41, 5.74) is 1.71. The predicted molar refractivity (Wildman–Crippen MR) is 93.7 cm³/mol. The number of nitrogens with one attached hydrogen (secondary N) is 2. The number of carbonyl (C=O) groups excluding carboxylic acids is 1. The molecule has 23 heavy (non-hydrogen) atoms.